The molecule has 0 amide bonds. The lowest BCUT2D eigenvalue weighted by molar-refractivity contribution is -0.152. The molecule has 0 aromatic heterocycles. The van der Waals surface area contributed by atoms with Crippen LogP contribution in [0.5, 0.6) is 0 Å². The fraction of sp³-hybridized carbons (Fsp3) is 0.462. The number of ether oxygens (including phenoxy) is 2. The van der Waals surface area contributed by atoms with Crippen molar-refractivity contribution >= 4 is 5.97 Å². The summed E-state index contributed by atoms with van der Waals surface area (Å²) >= 11 is 0. The Hall–Kier alpha value is -1.39. The number of esters is 1. The van der Waals surface area contributed by atoms with Crippen LogP contribution in [0.4, 0.5) is 0 Å². The predicted molar refractivity (Wildman–Crippen MR) is 63.5 cm³/mol. The molecule has 1 heterocycles. The first kappa shape index (κ1) is 12.1. The number of hydrogen-bond donors (Lipinski definition) is 1. The third kappa shape index (κ3) is 2.65. The van der Waals surface area contributed by atoms with E-state index in [4.69, 9.17) is 9.47 Å². The van der Waals surface area contributed by atoms with Gasteiger partial charge < -0.3 is 14.8 Å². The summed E-state index contributed by atoms with van der Waals surface area (Å²) in [4.78, 5) is 12.0. The molecule has 1 N–H and O–H groups in total. The average Bonchev–Trinajstić information content (AvgIpc) is 2.87. The summed E-state index contributed by atoms with van der Waals surface area (Å²) in [6.45, 7) is 1.29. The van der Waals surface area contributed by atoms with Gasteiger partial charge in [-0.05, 0) is 12.6 Å². The maximum absolute atomic E-state index is 12.0. The van der Waals surface area contributed by atoms with E-state index in [0.29, 0.717) is 26.2 Å². The van der Waals surface area contributed by atoms with Crippen molar-refractivity contribution in [2.45, 2.75) is 18.6 Å². The van der Waals surface area contributed by atoms with E-state index in [2.05, 4.69) is 5.32 Å². The molecule has 1 aromatic carbocycles. The minimum Gasteiger partial charge on any atom is -0.459 e. The second-order valence-corrected chi connectivity index (χ2v) is 4.20. The molecular weight excluding hydrogens is 218 g/mol. The van der Waals surface area contributed by atoms with Crippen LogP contribution in [0.2, 0.25) is 0 Å². The highest BCUT2D eigenvalue weighted by Crippen LogP contribution is 2.20. The Labute approximate surface area is 101 Å². The van der Waals surface area contributed by atoms with Gasteiger partial charge in [0.25, 0.3) is 0 Å². The van der Waals surface area contributed by atoms with Crippen LogP contribution in [0.25, 0.3) is 0 Å². The molecule has 1 fully saturated rings. The maximum atomic E-state index is 12.0. The smallest absolute Gasteiger partial charge is 0.329 e. The van der Waals surface area contributed by atoms with Gasteiger partial charge in [-0.1, -0.05) is 30.3 Å². The molecule has 0 radical (unpaired) electrons. The zero-order valence-corrected chi connectivity index (χ0v) is 9.94. The predicted octanol–water partition coefficient (Wildman–Crippen LogP) is 1.11. The highest BCUT2D eigenvalue weighted by Gasteiger charge is 2.42. The van der Waals surface area contributed by atoms with Gasteiger partial charge in [-0.2, -0.15) is 0 Å². The normalized spacial score (nSPS) is 23.6. The molecule has 1 aromatic rings. The Morgan fingerprint density at radius 1 is 1.47 bits per heavy atom. The van der Waals surface area contributed by atoms with Crippen LogP contribution >= 0.6 is 0 Å². The van der Waals surface area contributed by atoms with Crippen molar-refractivity contribution in [1.29, 1.82) is 0 Å². The lowest BCUT2D eigenvalue weighted by Crippen LogP contribution is -2.51. The summed E-state index contributed by atoms with van der Waals surface area (Å²) in [6.07, 6.45) is 0.664. The molecule has 4 nitrogen and oxygen atoms in total. The van der Waals surface area contributed by atoms with Crippen molar-refractivity contribution in [3.05, 3.63) is 35.9 Å². The quantitative estimate of drug-likeness (QED) is 0.794. The molecule has 1 aliphatic heterocycles. The SMILES string of the molecule is CNC1(C(=O)OCc2ccccc2)CCOC1. The number of nitrogens with one attached hydrogen (secondary N) is 1. The summed E-state index contributed by atoms with van der Waals surface area (Å²) in [5, 5.41) is 3.01. The Bertz CT molecular complexity index is 372. The average molecular weight is 235 g/mol. The highest BCUT2D eigenvalue weighted by molar-refractivity contribution is 5.81. The van der Waals surface area contributed by atoms with Gasteiger partial charge in [-0.15, -0.1) is 0 Å². The molecule has 0 bridgehead atoms. The number of benzene rings is 1. The highest BCUT2D eigenvalue weighted by atomic mass is 16.5. The van der Waals surface area contributed by atoms with Gasteiger partial charge in [0.1, 0.15) is 12.1 Å². The first-order valence-corrected chi connectivity index (χ1v) is 5.75. The molecule has 0 spiro atoms. The minimum absolute atomic E-state index is 0.235. The summed E-state index contributed by atoms with van der Waals surface area (Å²) in [5.74, 6) is -0.235. The van der Waals surface area contributed by atoms with E-state index >= 15 is 0 Å². The molecule has 1 aliphatic rings. The molecule has 2 rings (SSSR count). The molecular formula is C13H17NO3. The monoisotopic (exact) mass is 235 g/mol. The van der Waals surface area contributed by atoms with Crippen LogP contribution < -0.4 is 5.32 Å². The first-order chi connectivity index (χ1) is 8.27. The number of carbonyl (C=O) groups excluding carboxylic acids is 1. The second kappa shape index (κ2) is 5.29. The van der Waals surface area contributed by atoms with Crippen molar-refractivity contribution in [2.24, 2.45) is 0 Å². The summed E-state index contributed by atoms with van der Waals surface area (Å²) in [6, 6.07) is 9.66. The third-order valence-electron chi connectivity index (χ3n) is 3.10. The fourth-order valence-electron chi connectivity index (χ4n) is 1.89. The van der Waals surface area contributed by atoms with E-state index in [1.54, 1.807) is 7.05 Å². The van der Waals surface area contributed by atoms with Crippen molar-refractivity contribution < 1.29 is 14.3 Å². The van der Waals surface area contributed by atoms with Crippen LogP contribution in [0, 0.1) is 0 Å². The number of carbonyl (C=O) groups is 1. The van der Waals surface area contributed by atoms with Gasteiger partial charge in [0.2, 0.25) is 0 Å². The van der Waals surface area contributed by atoms with Gasteiger partial charge in [0, 0.05) is 13.0 Å². The van der Waals surface area contributed by atoms with E-state index < -0.39 is 5.54 Å². The number of hydrogen-bond acceptors (Lipinski definition) is 4. The van der Waals surface area contributed by atoms with Crippen LogP contribution in [0.15, 0.2) is 30.3 Å². The largest absolute Gasteiger partial charge is 0.459 e. The van der Waals surface area contributed by atoms with Gasteiger partial charge in [0.15, 0.2) is 0 Å². The lowest BCUT2D eigenvalue weighted by Gasteiger charge is -2.24. The Balaban J connectivity index is 1.93. The molecule has 0 aliphatic carbocycles. The minimum atomic E-state index is -0.658. The Morgan fingerprint density at radius 2 is 2.24 bits per heavy atom. The Morgan fingerprint density at radius 3 is 2.82 bits per heavy atom. The molecule has 17 heavy (non-hydrogen) atoms. The lowest BCUT2D eigenvalue weighted by atomic mass is 9.99. The van der Waals surface area contributed by atoms with Crippen molar-refractivity contribution in [2.75, 3.05) is 20.3 Å². The number of rotatable bonds is 4. The van der Waals surface area contributed by atoms with Crippen molar-refractivity contribution in [3.63, 3.8) is 0 Å². The van der Waals surface area contributed by atoms with Crippen LogP contribution in [0.1, 0.15) is 12.0 Å². The summed E-state index contributed by atoms with van der Waals surface area (Å²) in [7, 11) is 1.76. The zero-order chi connectivity index (χ0) is 12.1. The summed E-state index contributed by atoms with van der Waals surface area (Å²) in [5.41, 5.74) is 0.334. The first-order valence-electron chi connectivity index (χ1n) is 5.75. The van der Waals surface area contributed by atoms with Gasteiger partial charge in [-0.3, -0.25) is 0 Å². The Kier molecular flexibility index (Phi) is 3.76. The van der Waals surface area contributed by atoms with Crippen molar-refractivity contribution in [3.8, 4) is 0 Å². The van der Waals surface area contributed by atoms with E-state index in [1.807, 2.05) is 30.3 Å². The van der Waals surface area contributed by atoms with Crippen molar-refractivity contribution in [1.82, 2.24) is 5.32 Å². The maximum Gasteiger partial charge on any atom is 0.329 e. The van der Waals surface area contributed by atoms with E-state index in [-0.39, 0.29) is 5.97 Å². The molecule has 1 atom stereocenters. The number of likely N-dealkylation sites (N-methyl/N-ethyl adjacent to an activating group) is 1. The van der Waals surface area contributed by atoms with E-state index in [0.717, 1.165) is 5.56 Å². The van der Waals surface area contributed by atoms with Crippen LogP contribution in [-0.2, 0) is 20.9 Å². The standard InChI is InChI=1S/C13H17NO3/c1-14-13(7-8-16-10-13)12(15)17-9-11-5-3-2-4-6-11/h2-6,14H,7-10H2,1H3. The van der Waals surface area contributed by atoms with Gasteiger partial charge in [0.05, 0.1) is 6.61 Å². The molecule has 1 unspecified atom stereocenters. The third-order valence-corrected chi connectivity index (χ3v) is 3.10. The van der Waals surface area contributed by atoms with Gasteiger partial charge in [-0.25, -0.2) is 4.79 Å². The zero-order valence-electron chi connectivity index (χ0n) is 9.94. The summed E-state index contributed by atoms with van der Waals surface area (Å²) < 4.78 is 10.6. The van der Waals surface area contributed by atoms with Crippen LogP contribution in [-0.4, -0.2) is 31.8 Å². The van der Waals surface area contributed by atoms with Crippen LogP contribution in [0.3, 0.4) is 0 Å². The molecule has 92 valence electrons. The molecule has 0 saturated carbocycles. The van der Waals surface area contributed by atoms with Gasteiger partial charge >= 0.3 is 5.97 Å². The topological polar surface area (TPSA) is 47.6 Å². The second-order valence-electron chi connectivity index (χ2n) is 4.20. The van der Waals surface area contributed by atoms with E-state index in [9.17, 15) is 4.79 Å². The fourth-order valence-corrected chi connectivity index (χ4v) is 1.89. The molecule has 1 saturated heterocycles. The van der Waals surface area contributed by atoms with E-state index in [1.165, 1.54) is 0 Å². The molecule has 4 heteroatoms.